The fourth-order valence-corrected chi connectivity index (χ4v) is 2.28. The van der Waals surface area contributed by atoms with Crippen molar-refractivity contribution in [2.45, 2.75) is 25.8 Å². The number of carbonyl (C=O) groups is 1. The monoisotopic (exact) mass is 307 g/mol. The van der Waals surface area contributed by atoms with Crippen LogP contribution in [0.1, 0.15) is 25.3 Å². The number of rotatable bonds is 4. The molecule has 1 atom stereocenters. The molecule has 0 aromatic heterocycles. The average Bonchev–Trinajstić information content (AvgIpc) is 2.64. The summed E-state index contributed by atoms with van der Waals surface area (Å²) in [5.41, 5.74) is 1.82. The number of hydrogen-bond donors (Lipinski definition) is 1. The van der Waals surface area contributed by atoms with Crippen LogP contribution in [0, 0.1) is 0 Å². The summed E-state index contributed by atoms with van der Waals surface area (Å²) in [6.07, 6.45) is 2.63. The number of esters is 1. The van der Waals surface area contributed by atoms with Gasteiger partial charge in [0.25, 0.3) is 0 Å². The summed E-state index contributed by atoms with van der Waals surface area (Å²) < 4.78 is 4.68. The molecule has 0 aliphatic carbocycles. The number of nitrogens with zero attached hydrogens (tertiary/aromatic N) is 2. The lowest BCUT2D eigenvalue weighted by molar-refractivity contribution is -0.140. The fourth-order valence-electron chi connectivity index (χ4n) is 2.10. The fraction of sp³-hybridized carbons (Fsp3) is 0.400. The number of fused-ring (bicyclic) bond motifs is 1. The van der Waals surface area contributed by atoms with Crippen LogP contribution in [0.25, 0.3) is 0 Å². The minimum Gasteiger partial charge on any atom is -0.469 e. The third-order valence-electron chi connectivity index (χ3n) is 3.16. The van der Waals surface area contributed by atoms with Crippen LogP contribution < -0.4 is 5.32 Å². The van der Waals surface area contributed by atoms with E-state index in [9.17, 15) is 4.79 Å². The van der Waals surface area contributed by atoms with E-state index in [1.165, 1.54) is 7.11 Å². The standard InChI is InChI=1S/C15H18ClN3O2/c1-3-17-15-13(6-7-14(20)21-2)18-9-10-8-11(16)4-5-12(10)19-15/h4-5,8-9,13H,3,6-7H2,1-2H3,(H,17,19)/t13-/m0/s1. The molecule has 0 amide bonds. The molecule has 5 nitrogen and oxygen atoms in total. The lowest BCUT2D eigenvalue weighted by Crippen LogP contribution is -2.27. The maximum Gasteiger partial charge on any atom is 0.305 e. The number of ether oxygens (including phenoxy) is 1. The van der Waals surface area contributed by atoms with Gasteiger partial charge < -0.3 is 10.1 Å². The molecule has 1 aromatic rings. The Kier molecular flexibility index (Phi) is 5.33. The number of methoxy groups -OCH3 is 1. The highest BCUT2D eigenvalue weighted by Crippen LogP contribution is 2.23. The van der Waals surface area contributed by atoms with Crippen molar-refractivity contribution in [2.75, 3.05) is 19.0 Å². The highest BCUT2D eigenvalue weighted by Gasteiger charge is 2.20. The number of hydrogen-bond acceptors (Lipinski definition) is 4. The zero-order valence-corrected chi connectivity index (χ0v) is 12.9. The van der Waals surface area contributed by atoms with Crippen molar-refractivity contribution in [1.29, 1.82) is 0 Å². The molecule has 0 saturated heterocycles. The van der Waals surface area contributed by atoms with Crippen LogP contribution in [0.4, 0.5) is 5.69 Å². The predicted octanol–water partition coefficient (Wildman–Crippen LogP) is 2.92. The van der Waals surface area contributed by atoms with Crippen LogP contribution >= 0.6 is 11.6 Å². The van der Waals surface area contributed by atoms with E-state index in [1.54, 1.807) is 6.21 Å². The van der Waals surface area contributed by atoms with Crippen LogP contribution in [0.3, 0.4) is 0 Å². The molecule has 1 heterocycles. The van der Waals surface area contributed by atoms with E-state index in [0.29, 0.717) is 24.4 Å². The molecule has 21 heavy (non-hydrogen) atoms. The van der Waals surface area contributed by atoms with Gasteiger partial charge in [-0.2, -0.15) is 0 Å². The Morgan fingerprint density at radius 3 is 3.05 bits per heavy atom. The molecular formula is C15H18ClN3O2. The Morgan fingerprint density at radius 2 is 2.33 bits per heavy atom. The highest BCUT2D eigenvalue weighted by molar-refractivity contribution is 6.31. The van der Waals surface area contributed by atoms with Crippen molar-refractivity contribution < 1.29 is 9.53 Å². The van der Waals surface area contributed by atoms with Crippen LogP contribution in [0.2, 0.25) is 5.02 Å². The molecule has 1 aliphatic heterocycles. The van der Waals surface area contributed by atoms with E-state index < -0.39 is 0 Å². The van der Waals surface area contributed by atoms with Gasteiger partial charge in [0, 0.05) is 35.5 Å². The molecule has 1 aliphatic rings. The molecule has 2 rings (SSSR count). The van der Waals surface area contributed by atoms with Gasteiger partial charge in [0.2, 0.25) is 0 Å². The SMILES string of the molecule is CCN=C1Nc2ccc(Cl)cc2C=N[C@H]1CCC(=O)OC. The van der Waals surface area contributed by atoms with Gasteiger partial charge in [-0.15, -0.1) is 0 Å². The minimum atomic E-state index is -0.245. The largest absolute Gasteiger partial charge is 0.469 e. The normalized spacial score (nSPS) is 18.8. The van der Waals surface area contributed by atoms with Gasteiger partial charge in [0.1, 0.15) is 11.9 Å². The summed E-state index contributed by atoms with van der Waals surface area (Å²) in [5, 5.41) is 3.95. The van der Waals surface area contributed by atoms with E-state index in [1.807, 2.05) is 25.1 Å². The molecule has 6 heteroatoms. The van der Waals surface area contributed by atoms with Crippen LogP contribution in [0.5, 0.6) is 0 Å². The number of aliphatic imine (C=N–C) groups is 2. The molecule has 1 N–H and O–H groups in total. The van der Waals surface area contributed by atoms with E-state index in [0.717, 1.165) is 17.1 Å². The Hall–Kier alpha value is -1.88. The third-order valence-corrected chi connectivity index (χ3v) is 3.40. The Labute approximate surface area is 129 Å². The molecule has 0 unspecified atom stereocenters. The second kappa shape index (κ2) is 7.22. The molecule has 0 bridgehead atoms. The number of carbonyl (C=O) groups excluding carboxylic acids is 1. The van der Waals surface area contributed by atoms with E-state index in [2.05, 4.69) is 20.0 Å². The Morgan fingerprint density at radius 1 is 1.52 bits per heavy atom. The summed E-state index contributed by atoms with van der Waals surface area (Å²) in [6.45, 7) is 2.61. The van der Waals surface area contributed by atoms with E-state index in [4.69, 9.17) is 11.6 Å². The number of benzene rings is 1. The van der Waals surface area contributed by atoms with Gasteiger partial charge in [0.05, 0.1) is 7.11 Å². The molecule has 0 fully saturated rings. The minimum absolute atomic E-state index is 0.185. The summed E-state index contributed by atoms with van der Waals surface area (Å²) in [4.78, 5) is 20.3. The summed E-state index contributed by atoms with van der Waals surface area (Å²) in [6, 6.07) is 5.38. The topological polar surface area (TPSA) is 63.0 Å². The maximum absolute atomic E-state index is 11.3. The van der Waals surface area contributed by atoms with Gasteiger partial charge >= 0.3 is 5.97 Å². The maximum atomic E-state index is 11.3. The quantitative estimate of drug-likeness (QED) is 0.870. The lowest BCUT2D eigenvalue weighted by Gasteiger charge is -2.15. The van der Waals surface area contributed by atoms with Gasteiger partial charge in [0.15, 0.2) is 0 Å². The molecule has 112 valence electrons. The first-order valence-electron chi connectivity index (χ1n) is 6.85. The van der Waals surface area contributed by atoms with Gasteiger partial charge in [-0.05, 0) is 31.5 Å². The molecular weight excluding hydrogens is 290 g/mol. The second-order valence-electron chi connectivity index (χ2n) is 4.62. The average molecular weight is 308 g/mol. The van der Waals surface area contributed by atoms with Crippen molar-refractivity contribution >= 4 is 35.3 Å². The van der Waals surface area contributed by atoms with Gasteiger partial charge in [-0.3, -0.25) is 14.8 Å². The van der Waals surface area contributed by atoms with Crippen molar-refractivity contribution in [3.63, 3.8) is 0 Å². The van der Waals surface area contributed by atoms with E-state index >= 15 is 0 Å². The number of anilines is 1. The third kappa shape index (κ3) is 4.04. The number of nitrogens with one attached hydrogen (secondary N) is 1. The van der Waals surface area contributed by atoms with E-state index in [-0.39, 0.29) is 12.0 Å². The first-order valence-corrected chi connectivity index (χ1v) is 7.22. The summed E-state index contributed by atoms with van der Waals surface area (Å²) in [7, 11) is 1.38. The van der Waals surface area contributed by atoms with Crippen LogP contribution in [-0.4, -0.2) is 37.7 Å². The Bertz CT molecular complexity index is 584. The first kappa shape index (κ1) is 15.5. The summed E-state index contributed by atoms with van der Waals surface area (Å²) >= 11 is 6.00. The zero-order chi connectivity index (χ0) is 15.2. The van der Waals surface area contributed by atoms with Crippen molar-refractivity contribution in [2.24, 2.45) is 9.98 Å². The molecule has 0 spiro atoms. The van der Waals surface area contributed by atoms with Gasteiger partial charge in [-0.1, -0.05) is 11.6 Å². The molecule has 0 saturated carbocycles. The Balaban J connectivity index is 2.23. The van der Waals surface area contributed by atoms with Gasteiger partial charge in [-0.25, -0.2) is 0 Å². The zero-order valence-electron chi connectivity index (χ0n) is 12.1. The number of benzodiazepines with no additional fused rings is 1. The van der Waals surface area contributed by atoms with Crippen LogP contribution in [-0.2, 0) is 9.53 Å². The number of halogens is 1. The lowest BCUT2D eigenvalue weighted by atomic mass is 10.1. The molecule has 0 radical (unpaired) electrons. The van der Waals surface area contributed by atoms with Crippen molar-refractivity contribution in [3.8, 4) is 0 Å². The first-order chi connectivity index (χ1) is 10.1. The smallest absolute Gasteiger partial charge is 0.305 e. The summed E-state index contributed by atoms with van der Waals surface area (Å²) in [5.74, 6) is 0.518. The number of amidine groups is 1. The highest BCUT2D eigenvalue weighted by atomic mass is 35.5. The predicted molar refractivity (Wildman–Crippen MR) is 85.7 cm³/mol. The molecule has 1 aromatic carbocycles. The van der Waals surface area contributed by atoms with Crippen LogP contribution in [0.15, 0.2) is 28.2 Å². The second-order valence-corrected chi connectivity index (χ2v) is 5.06. The van der Waals surface area contributed by atoms with Crippen molar-refractivity contribution in [3.05, 3.63) is 28.8 Å². The van der Waals surface area contributed by atoms with Crippen molar-refractivity contribution in [1.82, 2.24) is 0 Å².